The number of hydrogen-bond donors (Lipinski definition) is 2. The van der Waals surface area contributed by atoms with E-state index >= 15 is 4.39 Å². The molecule has 0 bridgehead atoms. The van der Waals surface area contributed by atoms with Crippen molar-refractivity contribution in [2.45, 2.75) is 27.2 Å². The predicted molar refractivity (Wildman–Crippen MR) is 138 cm³/mol. The smallest absolute Gasteiger partial charge is 0.136 e. The number of pyridine rings is 2. The summed E-state index contributed by atoms with van der Waals surface area (Å²) in [6.45, 7) is 17.3. The molecule has 33 heavy (non-hydrogen) atoms. The molecule has 0 unspecified atom stereocenters. The highest BCUT2D eigenvalue weighted by atomic mass is 19.1. The lowest BCUT2D eigenvalue weighted by Crippen LogP contribution is -2.09. The second-order valence-electron chi connectivity index (χ2n) is 7.33. The molecule has 0 aliphatic rings. The highest BCUT2D eigenvalue weighted by Crippen LogP contribution is 2.31. The van der Waals surface area contributed by atoms with Gasteiger partial charge in [0.25, 0.3) is 0 Å². The van der Waals surface area contributed by atoms with Crippen molar-refractivity contribution in [2.75, 3.05) is 5.32 Å². The van der Waals surface area contributed by atoms with Gasteiger partial charge in [-0.2, -0.15) is 0 Å². The Morgan fingerprint density at radius 1 is 1.18 bits per heavy atom. The normalized spacial score (nSPS) is 13.0. The topological polar surface area (TPSA) is 63.8 Å². The summed E-state index contributed by atoms with van der Waals surface area (Å²) in [7, 11) is 0. The molecular formula is C28H31FN4. The molecule has 2 rings (SSSR count). The summed E-state index contributed by atoms with van der Waals surface area (Å²) in [4.78, 5) is 8.65. The first-order valence-corrected chi connectivity index (χ1v) is 10.6. The summed E-state index contributed by atoms with van der Waals surface area (Å²) in [5.74, 6) is -0.474. The van der Waals surface area contributed by atoms with Crippen LogP contribution in [0.4, 0.5) is 10.1 Å². The highest BCUT2D eigenvalue weighted by molar-refractivity contribution is 5.70. The van der Waals surface area contributed by atoms with Crippen LogP contribution in [-0.4, -0.2) is 9.97 Å². The molecule has 170 valence electrons. The van der Waals surface area contributed by atoms with Crippen molar-refractivity contribution in [3.8, 4) is 11.3 Å². The van der Waals surface area contributed by atoms with Gasteiger partial charge >= 0.3 is 0 Å². The van der Waals surface area contributed by atoms with E-state index in [1.54, 1.807) is 55.9 Å². The average Bonchev–Trinajstić information content (AvgIpc) is 2.83. The molecule has 2 aromatic rings. The summed E-state index contributed by atoms with van der Waals surface area (Å²) >= 11 is 0. The van der Waals surface area contributed by atoms with E-state index in [4.69, 9.17) is 5.73 Å². The SMILES string of the molecule is C=C/C=C\C(=C/C)C(=C)/C(F)=C(CC(=C)Nc1ccnc(-c2cccnc2)c1C)\C(N)=C/C. The monoisotopic (exact) mass is 442 g/mol. The number of rotatable bonds is 10. The summed E-state index contributed by atoms with van der Waals surface area (Å²) in [6.07, 6.45) is 14.0. The van der Waals surface area contributed by atoms with Crippen molar-refractivity contribution in [1.82, 2.24) is 9.97 Å². The van der Waals surface area contributed by atoms with Crippen LogP contribution in [0.15, 0.2) is 121 Å². The first kappa shape index (κ1) is 25.3. The van der Waals surface area contributed by atoms with Crippen LogP contribution in [0.2, 0.25) is 0 Å². The van der Waals surface area contributed by atoms with E-state index in [0.717, 1.165) is 22.5 Å². The molecule has 5 heteroatoms. The number of nitrogens with one attached hydrogen (secondary N) is 1. The third-order valence-corrected chi connectivity index (χ3v) is 5.10. The van der Waals surface area contributed by atoms with Crippen molar-refractivity contribution >= 4 is 5.69 Å². The van der Waals surface area contributed by atoms with Crippen molar-refractivity contribution in [3.63, 3.8) is 0 Å². The van der Waals surface area contributed by atoms with Crippen molar-refractivity contribution in [2.24, 2.45) is 5.73 Å². The molecule has 3 N–H and O–H groups in total. The number of allylic oxidation sites excluding steroid dienone is 10. The third-order valence-electron chi connectivity index (χ3n) is 5.10. The first-order valence-electron chi connectivity index (χ1n) is 10.6. The molecule has 0 aliphatic heterocycles. The first-order chi connectivity index (χ1) is 15.8. The molecule has 0 amide bonds. The maximum atomic E-state index is 15.5. The fourth-order valence-corrected chi connectivity index (χ4v) is 3.25. The number of aromatic nitrogens is 2. The average molecular weight is 443 g/mol. The maximum Gasteiger partial charge on any atom is 0.136 e. The number of nitrogens with zero attached hydrogens (tertiary/aromatic N) is 2. The molecule has 0 saturated carbocycles. The molecule has 0 spiro atoms. The van der Waals surface area contributed by atoms with Gasteiger partial charge in [0.05, 0.1) is 5.69 Å². The van der Waals surface area contributed by atoms with Crippen LogP contribution in [0.5, 0.6) is 0 Å². The molecule has 4 nitrogen and oxygen atoms in total. The van der Waals surface area contributed by atoms with Crippen molar-refractivity contribution in [3.05, 3.63) is 126 Å². The van der Waals surface area contributed by atoms with Gasteiger partial charge in [0.1, 0.15) is 5.83 Å². The second kappa shape index (κ2) is 12.2. The molecule has 0 aromatic carbocycles. The molecule has 0 radical (unpaired) electrons. The zero-order valence-electron chi connectivity index (χ0n) is 19.5. The van der Waals surface area contributed by atoms with E-state index in [0.29, 0.717) is 22.5 Å². The van der Waals surface area contributed by atoms with Crippen LogP contribution in [0.1, 0.15) is 25.8 Å². The predicted octanol–water partition coefficient (Wildman–Crippen LogP) is 7.10. The van der Waals surface area contributed by atoms with Crippen LogP contribution in [-0.2, 0) is 0 Å². The summed E-state index contributed by atoms with van der Waals surface area (Å²) in [5.41, 5.74) is 11.8. The van der Waals surface area contributed by atoms with Gasteiger partial charge in [-0.3, -0.25) is 9.97 Å². The van der Waals surface area contributed by atoms with Crippen molar-refractivity contribution < 1.29 is 4.39 Å². The minimum Gasteiger partial charge on any atom is -0.399 e. The Bertz CT molecular complexity index is 1150. The summed E-state index contributed by atoms with van der Waals surface area (Å²) < 4.78 is 15.5. The lowest BCUT2D eigenvalue weighted by Gasteiger charge is -2.17. The Kier molecular flexibility index (Phi) is 9.30. The maximum absolute atomic E-state index is 15.5. The van der Waals surface area contributed by atoms with Crippen LogP contribution in [0, 0.1) is 6.92 Å². The number of nitrogens with two attached hydrogens (primary N) is 1. The second-order valence-corrected chi connectivity index (χ2v) is 7.33. The van der Waals surface area contributed by atoms with Gasteiger partial charge in [0.2, 0.25) is 0 Å². The molecule has 0 aliphatic carbocycles. The molecule has 0 atom stereocenters. The van der Waals surface area contributed by atoms with Gasteiger partial charge in [-0.1, -0.05) is 50.1 Å². The van der Waals surface area contributed by atoms with E-state index in [1.165, 1.54) is 0 Å². The fourth-order valence-electron chi connectivity index (χ4n) is 3.25. The number of hydrogen-bond acceptors (Lipinski definition) is 4. The van der Waals surface area contributed by atoms with Gasteiger partial charge in [-0.15, -0.1) is 0 Å². The Labute approximate surface area is 196 Å². The van der Waals surface area contributed by atoms with Crippen LogP contribution < -0.4 is 11.1 Å². The quantitative estimate of drug-likeness (QED) is 0.385. The van der Waals surface area contributed by atoms with Crippen LogP contribution >= 0.6 is 0 Å². The highest BCUT2D eigenvalue weighted by Gasteiger charge is 2.16. The molecule has 0 saturated heterocycles. The zero-order valence-corrected chi connectivity index (χ0v) is 19.5. The lowest BCUT2D eigenvalue weighted by atomic mass is 9.98. The van der Waals surface area contributed by atoms with Gasteiger partial charge in [-0.25, -0.2) is 4.39 Å². The van der Waals surface area contributed by atoms with Gasteiger partial charge in [-0.05, 0) is 50.1 Å². The molecule has 2 aromatic heterocycles. The van der Waals surface area contributed by atoms with Gasteiger partial charge in [0.15, 0.2) is 0 Å². The molecule has 0 fully saturated rings. The minimum absolute atomic E-state index is 0.188. The summed E-state index contributed by atoms with van der Waals surface area (Å²) in [5, 5.41) is 3.29. The lowest BCUT2D eigenvalue weighted by molar-refractivity contribution is 0.640. The van der Waals surface area contributed by atoms with Crippen LogP contribution in [0.3, 0.4) is 0 Å². The van der Waals surface area contributed by atoms with Gasteiger partial charge in [0, 0.05) is 58.8 Å². The van der Waals surface area contributed by atoms with E-state index in [9.17, 15) is 0 Å². The molecule has 2 heterocycles. The molecular weight excluding hydrogens is 411 g/mol. The number of halogens is 1. The third kappa shape index (κ3) is 6.50. The number of anilines is 1. The van der Waals surface area contributed by atoms with Crippen LogP contribution in [0.25, 0.3) is 11.3 Å². The fraction of sp³-hybridized carbons (Fsp3) is 0.143. The van der Waals surface area contributed by atoms with E-state index in [-0.39, 0.29) is 12.0 Å². The largest absolute Gasteiger partial charge is 0.399 e. The standard InChI is InChI=1S/C28H31FN4/c1-7-10-12-22(8-2)20(5)27(29)24(25(30)9-3)17-19(4)33-26-14-16-32-28(21(26)6)23-13-11-15-31-18-23/h7-16,18H,1,4-5,17,30H2,2-3,6H3,(H,32,33)/b12-10-,22-8+,25-9+,27-24+. The zero-order chi connectivity index (χ0) is 24.4. The van der Waals surface area contributed by atoms with Crippen molar-refractivity contribution in [1.29, 1.82) is 0 Å². The van der Waals surface area contributed by atoms with E-state index < -0.39 is 5.83 Å². The van der Waals surface area contributed by atoms with Gasteiger partial charge < -0.3 is 11.1 Å². The Hall–Kier alpha value is -3.99. The summed E-state index contributed by atoms with van der Waals surface area (Å²) in [6, 6.07) is 5.68. The van der Waals surface area contributed by atoms with E-state index in [2.05, 4.69) is 35.0 Å². The Morgan fingerprint density at radius 2 is 1.94 bits per heavy atom. The van der Waals surface area contributed by atoms with E-state index in [1.807, 2.05) is 32.0 Å². The Balaban J connectivity index is 2.34. The Morgan fingerprint density at radius 3 is 2.55 bits per heavy atom. The minimum atomic E-state index is -0.474.